The van der Waals surface area contributed by atoms with Crippen LogP contribution in [0.15, 0.2) is 24.5 Å². The van der Waals surface area contributed by atoms with Gasteiger partial charge in [0.15, 0.2) is 0 Å². The van der Waals surface area contributed by atoms with Crippen molar-refractivity contribution in [2.24, 2.45) is 0 Å². The second-order valence-electron chi connectivity index (χ2n) is 3.92. The van der Waals surface area contributed by atoms with Crippen LogP contribution in [0.5, 0.6) is 0 Å². The molecule has 0 amide bonds. The molecule has 1 N–H and O–H groups in total. The highest BCUT2D eigenvalue weighted by atomic mass is 15.4. The molecule has 86 valence electrons. The van der Waals surface area contributed by atoms with Crippen molar-refractivity contribution in [3.8, 4) is 0 Å². The van der Waals surface area contributed by atoms with E-state index in [1.807, 2.05) is 12.4 Å². The van der Waals surface area contributed by atoms with Gasteiger partial charge in [-0.3, -0.25) is 4.68 Å². The van der Waals surface area contributed by atoms with Crippen molar-refractivity contribution in [3.63, 3.8) is 0 Å². The summed E-state index contributed by atoms with van der Waals surface area (Å²) in [5.74, 6) is 1.06. The van der Waals surface area contributed by atoms with E-state index in [1.54, 1.807) is 0 Å². The lowest BCUT2D eigenvalue weighted by atomic mass is 10.5. The number of hydrogen-bond acceptors (Lipinski definition) is 2. The fourth-order valence-corrected chi connectivity index (χ4v) is 1.86. The Kier molecular flexibility index (Phi) is 2.99. The van der Waals surface area contributed by atoms with Crippen molar-refractivity contribution in [2.45, 2.75) is 33.9 Å². The van der Waals surface area contributed by atoms with Crippen LogP contribution in [-0.2, 0) is 13.1 Å². The summed E-state index contributed by atoms with van der Waals surface area (Å²) in [6.07, 6.45) is 3.85. The summed E-state index contributed by atoms with van der Waals surface area (Å²) in [4.78, 5) is 4.33. The summed E-state index contributed by atoms with van der Waals surface area (Å²) in [7, 11) is 0. The highest BCUT2D eigenvalue weighted by Crippen LogP contribution is 2.05. The lowest BCUT2D eigenvalue weighted by molar-refractivity contribution is 0.677. The molecule has 0 aliphatic heterocycles. The van der Waals surface area contributed by atoms with Gasteiger partial charge in [-0.2, -0.15) is 0 Å². The largest absolute Gasteiger partial charge is 0.334 e. The minimum absolute atomic E-state index is 0.747. The molecule has 0 spiro atoms. The van der Waals surface area contributed by atoms with Crippen LogP contribution in [-0.4, -0.2) is 14.2 Å². The molecule has 4 nitrogen and oxygen atoms in total. The van der Waals surface area contributed by atoms with Gasteiger partial charge in [0.05, 0.1) is 6.54 Å². The van der Waals surface area contributed by atoms with E-state index >= 15 is 0 Å². The first-order valence-electron chi connectivity index (χ1n) is 5.61. The second-order valence-corrected chi connectivity index (χ2v) is 3.92. The molecule has 0 saturated carbocycles. The third-order valence-electron chi connectivity index (χ3n) is 2.81. The molecular weight excluding hydrogens is 200 g/mol. The molecule has 0 aromatic carbocycles. The molecule has 0 aliphatic carbocycles. The SMILES string of the molecule is CCn1ccnc1CNn1c(C)ccc1C. The molecule has 4 heteroatoms. The Morgan fingerprint density at radius 2 is 1.94 bits per heavy atom. The molecule has 0 bridgehead atoms. The Morgan fingerprint density at radius 3 is 2.56 bits per heavy atom. The summed E-state index contributed by atoms with van der Waals surface area (Å²) in [6, 6.07) is 4.21. The Bertz CT molecular complexity index is 448. The fraction of sp³-hybridized carbons (Fsp3) is 0.417. The monoisotopic (exact) mass is 218 g/mol. The van der Waals surface area contributed by atoms with Gasteiger partial charge < -0.3 is 9.99 Å². The standard InChI is InChI=1S/C12H18N4/c1-4-15-8-7-13-12(15)9-14-16-10(2)5-6-11(16)3/h5-8,14H,4,9H2,1-3H3. The van der Waals surface area contributed by atoms with E-state index in [4.69, 9.17) is 0 Å². The van der Waals surface area contributed by atoms with E-state index in [9.17, 15) is 0 Å². The van der Waals surface area contributed by atoms with E-state index in [0.29, 0.717) is 0 Å². The smallest absolute Gasteiger partial charge is 0.129 e. The van der Waals surface area contributed by atoms with E-state index in [-0.39, 0.29) is 0 Å². The Balaban J connectivity index is 2.08. The number of aromatic nitrogens is 3. The van der Waals surface area contributed by atoms with Crippen LogP contribution in [0.1, 0.15) is 24.1 Å². The highest BCUT2D eigenvalue weighted by molar-refractivity contribution is 5.15. The number of nitrogens with one attached hydrogen (secondary N) is 1. The minimum Gasteiger partial charge on any atom is -0.334 e. The first-order valence-corrected chi connectivity index (χ1v) is 5.61. The van der Waals surface area contributed by atoms with Crippen LogP contribution in [0.4, 0.5) is 0 Å². The van der Waals surface area contributed by atoms with E-state index in [1.165, 1.54) is 11.4 Å². The van der Waals surface area contributed by atoms with E-state index in [2.05, 4.69) is 52.6 Å². The van der Waals surface area contributed by atoms with Gasteiger partial charge in [-0.05, 0) is 32.9 Å². The summed E-state index contributed by atoms with van der Waals surface area (Å²) in [5, 5.41) is 0. The zero-order chi connectivity index (χ0) is 11.5. The van der Waals surface area contributed by atoms with Crippen molar-refractivity contribution in [1.29, 1.82) is 0 Å². The Labute approximate surface area is 95.9 Å². The molecule has 2 aromatic rings. The number of imidazole rings is 1. The molecule has 0 fully saturated rings. The Morgan fingerprint density at radius 1 is 1.25 bits per heavy atom. The molecule has 0 saturated heterocycles. The van der Waals surface area contributed by atoms with Gasteiger partial charge in [-0.1, -0.05) is 0 Å². The number of hydrogen-bond donors (Lipinski definition) is 1. The molecule has 0 atom stereocenters. The second kappa shape index (κ2) is 4.43. The van der Waals surface area contributed by atoms with Crippen molar-refractivity contribution in [1.82, 2.24) is 14.2 Å². The quantitative estimate of drug-likeness (QED) is 0.852. The summed E-state index contributed by atoms with van der Waals surface area (Å²) in [6.45, 7) is 8.01. The average Bonchev–Trinajstić information content (AvgIpc) is 2.84. The first kappa shape index (κ1) is 10.8. The summed E-state index contributed by atoms with van der Waals surface area (Å²) >= 11 is 0. The van der Waals surface area contributed by atoms with Crippen LogP contribution >= 0.6 is 0 Å². The highest BCUT2D eigenvalue weighted by Gasteiger charge is 2.03. The molecule has 16 heavy (non-hydrogen) atoms. The van der Waals surface area contributed by atoms with Crippen LogP contribution in [0.2, 0.25) is 0 Å². The van der Waals surface area contributed by atoms with E-state index < -0.39 is 0 Å². The fourth-order valence-electron chi connectivity index (χ4n) is 1.86. The predicted octanol–water partition coefficient (Wildman–Crippen LogP) is 2.07. The van der Waals surface area contributed by atoms with Crippen LogP contribution < -0.4 is 5.43 Å². The number of nitrogens with zero attached hydrogens (tertiary/aromatic N) is 3. The molecule has 0 unspecified atom stereocenters. The molecule has 2 aromatic heterocycles. The lowest BCUT2D eigenvalue weighted by Gasteiger charge is -2.12. The summed E-state index contributed by atoms with van der Waals surface area (Å²) in [5.41, 5.74) is 5.80. The molecule has 0 radical (unpaired) electrons. The molecular formula is C12H18N4. The minimum atomic E-state index is 0.747. The lowest BCUT2D eigenvalue weighted by Crippen LogP contribution is -2.19. The third-order valence-corrected chi connectivity index (χ3v) is 2.81. The maximum Gasteiger partial charge on any atom is 0.129 e. The van der Waals surface area contributed by atoms with Crippen molar-refractivity contribution < 1.29 is 0 Å². The van der Waals surface area contributed by atoms with Crippen molar-refractivity contribution in [2.75, 3.05) is 5.43 Å². The normalized spacial score (nSPS) is 10.7. The molecule has 2 rings (SSSR count). The average molecular weight is 218 g/mol. The van der Waals surface area contributed by atoms with Gasteiger partial charge in [-0.25, -0.2) is 4.98 Å². The van der Waals surface area contributed by atoms with Crippen LogP contribution in [0.3, 0.4) is 0 Å². The third kappa shape index (κ3) is 1.96. The predicted molar refractivity (Wildman–Crippen MR) is 64.9 cm³/mol. The van der Waals surface area contributed by atoms with Gasteiger partial charge in [0, 0.05) is 30.3 Å². The van der Waals surface area contributed by atoms with Crippen molar-refractivity contribution in [3.05, 3.63) is 41.7 Å². The molecule has 2 heterocycles. The molecule has 0 aliphatic rings. The maximum atomic E-state index is 4.33. The summed E-state index contributed by atoms with van der Waals surface area (Å²) < 4.78 is 4.23. The zero-order valence-electron chi connectivity index (χ0n) is 10.1. The maximum absolute atomic E-state index is 4.33. The van der Waals surface area contributed by atoms with Gasteiger partial charge in [0.2, 0.25) is 0 Å². The van der Waals surface area contributed by atoms with Gasteiger partial charge >= 0.3 is 0 Å². The van der Waals surface area contributed by atoms with Gasteiger partial charge in [0.1, 0.15) is 5.82 Å². The number of rotatable bonds is 4. The van der Waals surface area contributed by atoms with Crippen molar-refractivity contribution >= 4 is 0 Å². The zero-order valence-corrected chi connectivity index (χ0v) is 10.1. The van der Waals surface area contributed by atoms with Crippen LogP contribution in [0, 0.1) is 13.8 Å². The van der Waals surface area contributed by atoms with Crippen LogP contribution in [0.25, 0.3) is 0 Å². The van der Waals surface area contributed by atoms with E-state index in [0.717, 1.165) is 18.9 Å². The topological polar surface area (TPSA) is 34.8 Å². The first-order chi connectivity index (χ1) is 7.72. The van der Waals surface area contributed by atoms with Gasteiger partial charge in [-0.15, -0.1) is 0 Å². The van der Waals surface area contributed by atoms with Gasteiger partial charge in [0.25, 0.3) is 0 Å². The number of aryl methyl sites for hydroxylation is 3. The Hall–Kier alpha value is -1.71.